The molecule has 0 fully saturated rings. The van der Waals surface area contributed by atoms with Crippen molar-refractivity contribution in [2.75, 3.05) is 0 Å². The van der Waals surface area contributed by atoms with Gasteiger partial charge in [0.1, 0.15) is 5.82 Å². The van der Waals surface area contributed by atoms with Crippen molar-refractivity contribution in [1.29, 1.82) is 0 Å². The van der Waals surface area contributed by atoms with Crippen molar-refractivity contribution < 1.29 is 9.18 Å². The summed E-state index contributed by atoms with van der Waals surface area (Å²) in [5.74, 6) is -0.690. The summed E-state index contributed by atoms with van der Waals surface area (Å²) in [5.41, 5.74) is 3.38. The van der Waals surface area contributed by atoms with Gasteiger partial charge >= 0.3 is 0 Å². The summed E-state index contributed by atoms with van der Waals surface area (Å²) >= 11 is 0. The first-order valence-electron chi connectivity index (χ1n) is 8.51. The fraction of sp³-hybridized carbons (Fsp3) is 0.0952. The van der Waals surface area contributed by atoms with Gasteiger partial charge in [-0.2, -0.15) is 0 Å². The summed E-state index contributed by atoms with van der Waals surface area (Å²) < 4.78 is 15.7. The van der Waals surface area contributed by atoms with E-state index in [2.05, 4.69) is 15.3 Å². The molecule has 27 heavy (non-hydrogen) atoms. The number of nitrogens with one attached hydrogen (secondary N) is 1. The molecule has 0 radical (unpaired) electrons. The zero-order valence-corrected chi connectivity index (χ0v) is 14.7. The number of rotatable bonds is 4. The molecule has 0 atom stereocenters. The van der Waals surface area contributed by atoms with Gasteiger partial charge in [0.2, 0.25) is 0 Å². The number of carbonyl (C=O) groups excluding carboxylic acids is 1. The van der Waals surface area contributed by atoms with Crippen LogP contribution in [0.3, 0.4) is 0 Å². The first-order valence-corrected chi connectivity index (χ1v) is 8.51. The second-order valence-electron chi connectivity index (χ2n) is 6.26. The van der Waals surface area contributed by atoms with Crippen molar-refractivity contribution in [1.82, 2.24) is 19.9 Å². The van der Waals surface area contributed by atoms with E-state index in [1.54, 1.807) is 24.5 Å². The lowest BCUT2D eigenvalue weighted by atomic mass is 10.1. The third-order valence-corrected chi connectivity index (χ3v) is 4.40. The molecule has 4 rings (SSSR count). The maximum Gasteiger partial charge on any atom is 0.252 e. The number of hydrogen-bond acceptors (Lipinski definition) is 3. The van der Waals surface area contributed by atoms with Crippen molar-refractivity contribution >= 4 is 16.8 Å². The van der Waals surface area contributed by atoms with Crippen LogP contribution in [0.2, 0.25) is 0 Å². The third-order valence-electron chi connectivity index (χ3n) is 4.40. The van der Waals surface area contributed by atoms with Gasteiger partial charge in [0.15, 0.2) is 0 Å². The van der Waals surface area contributed by atoms with Gasteiger partial charge in [-0.05, 0) is 48.0 Å². The van der Waals surface area contributed by atoms with Gasteiger partial charge in [-0.1, -0.05) is 6.07 Å². The van der Waals surface area contributed by atoms with Crippen LogP contribution >= 0.6 is 0 Å². The van der Waals surface area contributed by atoms with Crippen molar-refractivity contribution in [3.63, 3.8) is 0 Å². The number of amides is 1. The van der Waals surface area contributed by atoms with Gasteiger partial charge in [-0.3, -0.25) is 9.78 Å². The SMILES string of the molecule is Cn1cccc1-c1cc(C(=O)NCc2cccnc2)c2cc(F)ccc2n1. The predicted octanol–water partition coefficient (Wildman–Crippen LogP) is 3.70. The number of halogens is 1. The average molecular weight is 360 g/mol. The number of benzene rings is 1. The Labute approximate surface area is 155 Å². The van der Waals surface area contributed by atoms with E-state index < -0.39 is 5.82 Å². The van der Waals surface area contributed by atoms with E-state index in [0.29, 0.717) is 28.7 Å². The van der Waals surface area contributed by atoms with Crippen LogP contribution in [-0.4, -0.2) is 20.4 Å². The molecule has 6 heteroatoms. The van der Waals surface area contributed by atoms with E-state index >= 15 is 0 Å². The van der Waals surface area contributed by atoms with E-state index in [-0.39, 0.29) is 5.91 Å². The molecule has 0 bridgehead atoms. The van der Waals surface area contributed by atoms with Crippen LogP contribution in [0.1, 0.15) is 15.9 Å². The molecule has 4 aromatic rings. The minimum absolute atomic E-state index is 0.285. The highest BCUT2D eigenvalue weighted by atomic mass is 19.1. The molecule has 0 saturated carbocycles. The summed E-state index contributed by atoms with van der Waals surface area (Å²) in [4.78, 5) is 21.5. The second kappa shape index (κ2) is 6.99. The minimum atomic E-state index is -0.405. The van der Waals surface area contributed by atoms with Gasteiger partial charge in [-0.15, -0.1) is 0 Å². The molecular weight excluding hydrogens is 343 g/mol. The predicted molar refractivity (Wildman–Crippen MR) is 102 cm³/mol. The Hall–Kier alpha value is -3.54. The first-order chi connectivity index (χ1) is 13.1. The van der Waals surface area contributed by atoms with Gasteiger partial charge in [0, 0.05) is 37.6 Å². The van der Waals surface area contributed by atoms with E-state index in [4.69, 9.17) is 0 Å². The fourth-order valence-corrected chi connectivity index (χ4v) is 3.02. The Morgan fingerprint density at radius 3 is 2.81 bits per heavy atom. The van der Waals surface area contributed by atoms with Gasteiger partial charge < -0.3 is 9.88 Å². The fourth-order valence-electron chi connectivity index (χ4n) is 3.02. The summed E-state index contributed by atoms with van der Waals surface area (Å²) in [6.07, 6.45) is 5.28. The quantitative estimate of drug-likeness (QED) is 0.604. The molecule has 0 unspecified atom stereocenters. The Bertz CT molecular complexity index is 1120. The zero-order chi connectivity index (χ0) is 18.8. The lowest BCUT2D eigenvalue weighted by Gasteiger charge is -2.11. The highest BCUT2D eigenvalue weighted by Crippen LogP contribution is 2.25. The lowest BCUT2D eigenvalue weighted by molar-refractivity contribution is 0.0952. The molecule has 1 amide bonds. The van der Waals surface area contributed by atoms with Crippen molar-refractivity contribution in [3.05, 3.63) is 84.1 Å². The number of fused-ring (bicyclic) bond motifs is 1. The first kappa shape index (κ1) is 16.9. The highest BCUT2D eigenvalue weighted by Gasteiger charge is 2.15. The van der Waals surface area contributed by atoms with Gasteiger partial charge in [0.25, 0.3) is 5.91 Å². The number of aryl methyl sites for hydroxylation is 1. The molecule has 134 valence electrons. The largest absolute Gasteiger partial charge is 0.349 e. The summed E-state index contributed by atoms with van der Waals surface area (Å²) in [5, 5.41) is 3.36. The number of nitrogens with zero attached hydrogens (tertiary/aromatic N) is 3. The second-order valence-corrected chi connectivity index (χ2v) is 6.26. The molecule has 0 aliphatic heterocycles. The van der Waals surface area contributed by atoms with Crippen LogP contribution in [0.15, 0.2) is 67.1 Å². The topological polar surface area (TPSA) is 59.8 Å². The smallest absolute Gasteiger partial charge is 0.252 e. The molecule has 0 spiro atoms. The highest BCUT2D eigenvalue weighted by molar-refractivity contribution is 6.07. The van der Waals surface area contributed by atoms with Crippen LogP contribution in [0.4, 0.5) is 4.39 Å². The number of aromatic nitrogens is 3. The number of carbonyl (C=O) groups is 1. The van der Waals surface area contributed by atoms with Crippen LogP contribution in [0.5, 0.6) is 0 Å². The van der Waals surface area contributed by atoms with E-state index in [1.807, 2.05) is 42.1 Å². The summed E-state index contributed by atoms with van der Waals surface area (Å²) in [7, 11) is 1.91. The lowest BCUT2D eigenvalue weighted by Crippen LogP contribution is -2.23. The molecule has 0 aliphatic carbocycles. The molecule has 3 aromatic heterocycles. The van der Waals surface area contributed by atoms with E-state index in [9.17, 15) is 9.18 Å². The Balaban J connectivity index is 1.76. The molecule has 1 aromatic carbocycles. The van der Waals surface area contributed by atoms with Crippen LogP contribution in [0, 0.1) is 5.82 Å². The minimum Gasteiger partial charge on any atom is -0.349 e. The average Bonchev–Trinajstić information content (AvgIpc) is 3.12. The molecule has 5 nitrogen and oxygen atoms in total. The molecule has 1 N–H and O–H groups in total. The number of hydrogen-bond donors (Lipinski definition) is 1. The van der Waals surface area contributed by atoms with Crippen LogP contribution in [0.25, 0.3) is 22.3 Å². The normalized spacial score (nSPS) is 10.9. The van der Waals surface area contributed by atoms with Crippen LogP contribution in [-0.2, 0) is 13.6 Å². The number of pyridine rings is 2. The Kier molecular flexibility index (Phi) is 4.38. The maximum atomic E-state index is 13.8. The van der Waals surface area contributed by atoms with Crippen molar-refractivity contribution in [2.45, 2.75) is 6.54 Å². The standard InChI is InChI=1S/C21H17FN4O/c1-26-9-3-5-20(26)19-11-17(16-10-15(22)6-7-18(16)25-19)21(27)24-13-14-4-2-8-23-12-14/h2-12H,13H2,1H3,(H,24,27). The Morgan fingerprint density at radius 1 is 1.19 bits per heavy atom. The molecule has 0 aliphatic rings. The van der Waals surface area contributed by atoms with Crippen LogP contribution < -0.4 is 5.32 Å². The monoisotopic (exact) mass is 360 g/mol. The third kappa shape index (κ3) is 3.42. The van der Waals surface area contributed by atoms with Crippen molar-refractivity contribution in [2.24, 2.45) is 7.05 Å². The Morgan fingerprint density at radius 2 is 2.07 bits per heavy atom. The molecular formula is C21H17FN4O. The summed E-state index contributed by atoms with van der Waals surface area (Å²) in [6, 6.07) is 13.5. The molecule has 3 heterocycles. The van der Waals surface area contributed by atoms with Gasteiger partial charge in [0.05, 0.1) is 22.5 Å². The zero-order valence-electron chi connectivity index (χ0n) is 14.7. The maximum absolute atomic E-state index is 13.8. The van der Waals surface area contributed by atoms with E-state index in [0.717, 1.165) is 11.3 Å². The van der Waals surface area contributed by atoms with Gasteiger partial charge in [-0.25, -0.2) is 9.37 Å². The van der Waals surface area contributed by atoms with E-state index in [1.165, 1.54) is 12.1 Å². The molecule has 0 saturated heterocycles. The van der Waals surface area contributed by atoms with Crippen molar-refractivity contribution in [3.8, 4) is 11.4 Å². The summed E-state index contributed by atoms with van der Waals surface area (Å²) in [6.45, 7) is 0.339.